The first kappa shape index (κ1) is 17.2. The minimum absolute atomic E-state index is 0.112. The second-order valence-corrected chi connectivity index (χ2v) is 8.27. The molecule has 2 aromatic rings. The molecule has 6 heteroatoms. The number of aryl methyl sites for hydroxylation is 2. The Hall–Kier alpha value is -2.60. The Labute approximate surface area is 147 Å². The Kier molecular flexibility index (Phi) is 4.39. The molecule has 1 aliphatic heterocycles. The molecule has 2 aromatic carbocycles. The zero-order chi connectivity index (χ0) is 18.2. The first-order valence-corrected chi connectivity index (χ1v) is 9.66. The van der Waals surface area contributed by atoms with Crippen LogP contribution in [0, 0.1) is 13.8 Å². The summed E-state index contributed by atoms with van der Waals surface area (Å²) in [5.74, 6) is -0.491. The van der Waals surface area contributed by atoms with Crippen molar-refractivity contribution in [3.63, 3.8) is 0 Å². The molecule has 0 saturated heterocycles. The number of hydrogen-bond donors (Lipinski definition) is 2. The molecule has 1 atom stereocenters. The molecule has 0 fully saturated rings. The van der Waals surface area contributed by atoms with E-state index in [9.17, 15) is 13.2 Å². The fourth-order valence-electron chi connectivity index (χ4n) is 2.78. The van der Waals surface area contributed by atoms with Crippen LogP contribution in [-0.4, -0.2) is 26.1 Å². The highest BCUT2D eigenvalue weighted by Crippen LogP contribution is 2.26. The van der Waals surface area contributed by atoms with E-state index < -0.39 is 15.9 Å². The lowest BCUT2D eigenvalue weighted by molar-refractivity contribution is 0.0948. The monoisotopic (exact) mass is 356 g/mol. The number of hydrogen-bond acceptors (Lipinski definition) is 4. The summed E-state index contributed by atoms with van der Waals surface area (Å²) < 4.78 is 22.8. The Morgan fingerprint density at radius 2 is 1.76 bits per heavy atom. The summed E-state index contributed by atoms with van der Waals surface area (Å²) in [6.45, 7) is 4.10. The van der Waals surface area contributed by atoms with Crippen molar-refractivity contribution in [2.24, 2.45) is 0 Å². The van der Waals surface area contributed by atoms with Crippen LogP contribution in [0.3, 0.4) is 0 Å². The van der Waals surface area contributed by atoms with Gasteiger partial charge in [0.1, 0.15) is 0 Å². The van der Waals surface area contributed by atoms with Crippen LogP contribution in [0.1, 0.15) is 21.5 Å². The summed E-state index contributed by atoms with van der Waals surface area (Å²) in [7, 11) is -3.21. The topological polar surface area (TPSA) is 89.3 Å². The number of anilines is 1. The van der Waals surface area contributed by atoms with Gasteiger partial charge in [-0.25, -0.2) is 8.42 Å². The summed E-state index contributed by atoms with van der Waals surface area (Å²) in [6, 6.07) is 10.9. The lowest BCUT2D eigenvalue weighted by Crippen LogP contribution is -2.35. The number of sulfone groups is 1. The van der Waals surface area contributed by atoms with Crippen LogP contribution in [0.5, 0.6) is 0 Å². The maximum absolute atomic E-state index is 12.4. The number of nitrogens with one attached hydrogen (secondary N) is 1. The van der Waals surface area contributed by atoms with Crippen LogP contribution in [0.4, 0.5) is 5.69 Å². The molecule has 1 amide bonds. The van der Waals surface area contributed by atoms with Gasteiger partial charge in [0.15, 0.2) is 9.84 Å². The fourth-order valence-corrected chi connectivity index (χ4v) is 4.02. The van der Waals surface area contributed by atoms with E-state index in [2.05, 4.69) is 18.3 Å². The molecule has 1 unspecified atom stereocenters. The van der Waals surface area contributed by atoms with Crippen molar-refractivity contribution in [1.82, 2.24) is 5.32 Å². The standard InChI is InChI=1S/C19H20N2O3S/c1-12-3-4-14(9-13(12)2)15-5-6-17(18(20)10-15)19(22)21-16-7-8-25(23,24)11-16/h3-10,16H,11,20H2,1-2H3,(H,21,22). The highest BCUT2D eigenvalue weighted by atomic mass is 32.2. The third-order valence-electron chi connectivity index (χ3n) is 4.38. The van der Waals surface area contributed by atoms with E-state index in [1.807, 2.05) is 25.1 Å². The Bertz CT molecular complexity index is 978. The van der Waals surface area contributed by atoms with E-state index in [0.717, 1.165) is 16.5 Å². The van der Waals surface area contributed by atoms with Crippen molar-refractivity contribution in [3.8, 4) is 11.1 Å². The van der Waals surface area contributed by atoms with Gasteiger partial charge >= 0.3 is 0 Å². The second kappa shape index (κ2) is 6.37. The van der Waals surface area contributed by atoms with Gasteiger partial charge in [-0.2, -0.15) is 0 Å². The molecule has 0 bridgehead atoms. The Balaban J connectivity index is 1.81. The second-order valence-electron chi connectivity index (χ2n) is 6.34. The van der Waals surface area contributed by atoms with Gasteiger partial charge in [0.25, 0.3) is 5.91 Å². The predicted octanol–water partition coefficient (Wildman–Crippen LogP) is 2.59. The summed E-state index contributed by atoms with van der Waals surface area (Å²) in [4.78, 5) is 12.4. The average molecular weight is 356 g/mol. The number of rotatable bonds is 3. The number of nitrogens with two attached hydrogens (primary N) is 1. The third-order valence-corrected chi connectivity index (χ3v) is 5.78. The van der Waals surface area contributed by atoms with Crippen LogP contribution in [0.25, 0.3) is 11.1 Å². The van der Waals surface area contributed by atoms with Crippen molar-refractivity contribution in [3.05, 3.63) is 64.6 Å². The quantitative estimate of drug-likeness (QED) is 0.827. The maximum atomic E-state index is 12.4. The van der Waals surface area contributed by atoms with Crippen LogP contribution >= 0.6 is 0 Å². The minimum atomic E-state index is -3.21. The first-order valence-electron chi connectivity index (χ1n) is 7.94. The number of carbonyl (C=O) groups excluding carboxylic acids is 1. The molecule has 0 aliphatic carbocycles. The number of amides is 1. The van der Waals surface area contributed by atoms with Crippen LogP contribution in [0.2, 0.25) is 0 Å². The van der Waals surface area contributed by atoms with Gasteiger partial charge < -0.3 is 11.1 Å². The fraction of sp³-hybridized carbons (Fsp3) is 0.211. The molecule has 5 nitrogen and oxygen atoms in total. The van der Waals surface area contributed by atoms with Crippen molar-refractivity contribution in [2.45, 2.75) is 19.9 Å². The lowest BCUT2D eigenvalue weighted by atomic mass is 9.98. The molecule has 0 saturated carbocycles. The SMILES string of the molecule is Cc1ccc(-c2ccc(C(=O)NC3C=CS(=O)(=O)C3)c(N)c2)cc1C. The summed E-state index contributed by atoms with van der Waals surface area (Å²) in [5, 5.41) is 3.81. The van der Waals surface area contributed by atoms with Crippen molar-refractivity contribution < 1.29 is 13.2 Å². The van der Waals surface area contributed by atoms with E-state index >= 15 is 0 Å². The summed E-state index contributed by atoms with van der Waals surface area (Å²) >= 11 is 0. The Morgan fingerprint density at radius 1 is 1.08 bits per heavy atom. The van der Waals surface area contributed by atoms with Gasteiger partial charge in [0.2, 0.25) is 0 Å². The van der Waals surface area contributed by atoms with Crippen LogP contribution in [-0.2, 0) is 9.84 Å². The van der Waals surface area contributed by atoms with E-state index in [0.29, 0.717) is 11.3 Å². The molecule has 0 radical (unpaired) electrons. The van der Waals surface area contributed by atoms with Gasteiger partial charge in [-0.3, -0.25) is 4.79 Å². The smallest absolute Gasteiger partial charge is 0.253 e. The number of benzene rings is 2. The lowest BCUT2D eigenvalue weighted by Gasteiger charge is -2.13. The van der Waals surface area contributed by atoms with Gasteiger partial charge in [-0.05, 0) is 54.3 Å². The third kappa shape index (κ3) is 3.74. The van der Waals surface area contributed by atoms with Crippen molar-refractivity contribution in [1.29, 1.82) is 0 Å². The van der Waals surface area contributed by atoms with Crippen LogP contribution in [0.15, 0.2) is 47.9 Å². The zero-order valence-electron chi connectivity index (χ0n) is 14.1. The van der Waals surface area contributed by atoms with E-state index in [1.165, 1.54) is 17.2 Å². The van der Waals surface area contributed by atoms with Crippen molar-refractivity contribution in [2.75, 3.05) is 11.5 Å². The average Bonchev–Trinajstić information content (AvgIpc) is 2.88. The highest BCUT2D eigenvalue weighted by Gasteiger charge is 2.24. The molecular weight excluding hydrogens is 336 g/mol. The molecule has 0 spiro atoms. The first-order chi connectivity index (χ1) is 11.7. The van der Waals surface area contributed by atoms with Gasteiger partial charge in [0.05, 0.1) is 17.4 Å². The molecular formula is C19H20N2O3S. The van der Waals surface area contributed by atoms with Crippen LogP contribution < -0.4 is 11.1 Å². The Morgan fingerprint density at radius 3 is 2.36 bits per heavy atom. The molecule has 25 heavy (non-hydrogen) atoms. The normalized spacial score (nSPS) is 18.2. The van der Waals surface area contributed by atoms with E-state index in [-0.39, 0.29) is 11.7 Å². The minimum Gasteiger partial charge on any atom is -0.398 e. The summed E-state index contributed by atoms with van der Waals surface area (Å²) in [6.07, 6.45) is 1.48. The van der Waals surface area contributed by atoms with Gasteiger partial charge in [-0.15, -0.1) is 0 Å². The van der Waals surface area contributed by atoms with E-state index in [1.54, 1.807) is 12.1 Å². The molecule has 130 valence electrons. The molecule has 0 aromatic heterocycles. The maximum Gasteiger partial charge on any atom is 0.253 e. The zero-order valence-corrected chi connectivity index (χ0v) is 14.9. The molecule has 3 N–H and O–H groups in total. The molecule has 1 heterocycles. The molecule has 3 rings (SSSR count). The largest absolute Gasteiger partial charge is 0.398 e. The number of carbonyl (C=O) groups is 1. The van der Waals surface area contributed by atoms with E-state index in [4.69, 9.17) is 5.73 Å². The van der Waals surface area contributed by atoms with Gasteiger partial charge in [-0.1, -0.05) is 24.3 Å². The number of nitrogen functional groups attached to an aromatic ring is 1. The predicted molar refractivity (Wildman–Crippen MR) is 99.9 cm³/mol. The summed E-state index contributed by atoms with van der Waals surface area (Å²) in [5.41, 5.74) is 11.1. The highest BCUT2D eigenvalue weighted by molar-refractivity contribution is 7.94. The van der Waals surface area contributed by atoms with Gasteiger partial charge in [0, 0.05) is 11.1 Å². The van der Waals surface area contributed by atoms with Crippen molar-refractivity contribution >= 4 is 21.4 Å². The molecule has 1 aliphatic rings.